The summed E-state index contributed by atoms with van der Waals surface area (Å²) in [5.74, 6) is -0.0151. The molecule has 0 aromatic heterocycles. The third-order valence-corrected chi connectivity index (χ3v) is 2.98. The molecule has 116 valence electrons. The lowest BCUT2D eigenvalue weighted by molar-refractivity contribution is -0.144. The molecule has 1 aromatic carbocycles. The fourth-order valence-electron chi connectivity index (χ4n) is 1.88. The van der Waals surface area contributed by atoms with Gasteiger partial charge in [-0.25, -0.2) is 0 Å². The molecule has 1 aromatic rings. The standard InChI is InChI=1S/C16H24N2O3/c1-5-21-16(20)11-18(4)10-15(19)17-14-8-6-13(7-9-14)12(2)3/h6-9,12H,5,10-11H2,1-4H3,(H,17,19). The Morgan fingerprint density at radius 1 is 1.19 bits per heavy atom. The van der Waals surface area contributed by atoms with Gasteiger partial charge in [0, 0.05) is 5.69 Å². The van der Waals surface area contributed by atoms with Crippen molar-refractivity contribution in [1.29, 1.82) is 0 Å². The normalized spacial score (nSPS) is 10.8. The van der Waals surface area contributed by atoms with Crippen LogP contribution in [-0.2, 0) is 14.3 Å². The molecule has 0 spiro atoms. The first kappa shape index (κ1) is 17.2. The second-order valence-electron chi connectivity index (χ2n) is 5.30. The minimum atomic E-state index is -0.325. The Morgan fingerprint density at radius 2 is 1.81 bits per heavy atom. The van der Waals surface area contributed by atoms with Crippen molar-refractivity contribution < 1.29 is 14.3 Å². The summed E-state index contributed by atoms with van der Waals surface area (Å²) < 4.78 is 4.84. The van der Waals surface area contributed by atoms with Crippen LogP contribution in [0.15, 0.2) is 24.3 Å². The van der Waals surface area contributed by atoms with Gasteiger partial charge in [0.25, 0.3) is 0 Å². The minimum absolute atomic E-state index is 0.105. The van der Waals surface area contributed by atoms with Crippen LogP contribution in [0.4, 0.5) is 5.69 Å². The first-order chi connectivity index (χ1) is 9.92. The molecule has 0 aliphatic carbocycles. The average molecular weight is 292 g/mol. The zero-order valence-corrected chi connectivity index (χ0v) is 13.2. The molecule has 0 aliphatic heterocycles. The summed E-state index contributed by atoms with van der Waals surface area (Å²) in [4.78, 5) is 24.8. The molecular weight excluding hydrogens is 268 g/mol. The second kappa shape index (κ2) is 8.42. The Bertz CT molecular complexity index is 469. The smallest absolute Gasteiger partial charge is 0.320 e. The molecule has 5 heteroatoms. The number of hydrogen-bond donors (Lipinski definition) is 1. The van der Waals surface area contributed by atoms with E-state index < -0.39 is 0 Å². The number of hydrogen-bond acceptors (Lipinski definition) is 4. The number of nitrogens with zero attached hydrogens (tertiary/aromatic N) is 1. The van der Waals surface area contributed by atoms with Crippen LogP contribution in [-0.4, -0.2) is 43.5 Å². The summed E-state index contributed by atoms with van der Waals surface area (Å²) in [5, 5.41) is 2.81. The molecule has 5 nitrogen and oxygen atoms in total. The molecule has 0 saturated carbocycles. The number of benzene rings is 1. The van der Waals surface area contributed by atoms with Crippen LogP contribution in [0.2, 0.25) is 0 Å². The van der Waals surface area contributed by atoms with Gasteiger partial charge in [-0.3, -0.25) is 14.5 Å². The maximum atomic E-state index is 11.9. The van der Waals surface area contributed by atoms with Crippen molar-refractivity contribution in [3.05, 3.63) is 29.8 Å². The molecule has 1 rings (SSSR count). The van der Waals surface area contributed by atoms with Crippen molar-refractivity contribution in [2.75, 3.05) is 32.1 Å². The molecule has 0 unspecified atom stereocenters. The molecule has 0 saturated heterocycles. The highest BCUT2D eigenvalue weighted by molar-refractivity contribution is 5.92. The maximum Gasteiger partial charge on any atom is 0.320 e. The Morgan fingerprint density at radius 3 is 2.33 bits per heavy atom. The highest BCUT2D eigenvalue weighted by Crippen LogP contribution is 2.16. The molecule has 0 bridgehead atoms. The Kier molecular flexibility index (Phi) is 6.88. The van der Waals surface area contributed by atoms with Crippen molar-refractivity contribution in [2.45, 2.75) is 26.7 Å². The highest BCUT2D eigenvalue weighted by Gasteiger charge is 2.11. The van der Waals surface area contributed by atoms with Gasteiger partial charge in [-0.05, 0) is 37.6 Å². The summed E-state index contributed by atoms with van der Waals surface area (Å²) >= 11 is 0. The van der Waals surface area contributed by atoms with Crippen LogP contribution in [0, 0.1) is 0 Å². The Balaban J connectivity index is 2.44. The molecule has 1 amide bonds. The zero-order chi connectivity index (χ0) is 15.8. The lowest BCUT2D eigenvalue weighted by atomic mass is 10.0. The molecule has 0 aliphatic rings. The van der Waals surface area contributed by atoms with Gasteiger partial charge in [0.05, 0.1) is 19.7 Å². The summed E-state index contributed by atoms with van der Waals surface area (Å²) in [6.45, 7) is 6.60. The van der Waals surface area contributed by atoms with Crippen LogP contribution in [0.1, 0.15) is 32.3 Å². The van der Waals surface area contributed by atoms with E-state index in [0.717, 1.165) is 5.69 Å². The van der Waals surface area contributed by atoms with Crippen molar-refractivity contribution in [1.82, 2.24) is 4.90 Å². The summed E-state index contributed by atoms with van der Waals surface area (Å²) in [6, 6.07) is 7.78. The fraction of sp³-hybridized carbons (Fsp3) is 0.500. The van der Waals surface area contributed by atoms with Crippen molar-refractivity contribution >= 4 is 17.6 Å². The van der Waals surface area contributed by atoms with E-state index in [2.05, 4.69) is 19.2 Å². The van der Waals surface area contributed by atoms with E-state index in [1.807, 2.05) is 24.3 Å². The number of nitrogens with one attached hydrogen (secondary N) is 1. The quantitative estimate of drug-likeness (QED) is 0.783. The van der Waals surface area contributed by atoms with Crippen LogP contribution in [0.5, 0.6) is 0 Å². The van der Waals surface area contributed by atoms with E-state index in [1.165, 1.54) is 5.56 Å². The fourth-order valence-corrected chi connectivity index (χ4v) is 1.88. The lowest BCUT2D eigenvalue weighted by Crippen LogP contribution is -2.34. The van der Waals surface area contributed by atoms with Gasteiger partial charge >= 0.3 is 5.97 Å². The summed E-state index contributed by atoms with van der Waals surface area (Å²) in [5.41, 5.74) is 1.99. The number of likely N-dealkylation sites (N-methyl/N-ethyl adjacent to an activating group) is 1. The van der Waals surface area contributed by atoms with E-state index >= 15 is 0 Å². The predicted molar refractivity (Wildman–Crippen MR) is 83.3 cm³/mol. The van der Waals surface area contributed by atoms with E-state index in [1.54, 1.807) is 18.9 Å². The first-order valence-corrected chi connectivity index (χ1v) is 7.16. The molecule has 21 heavy (non-hydrogen) atoms. The van der Waals surface area contributed by atoms with Crippen LogP contribution < -0.4 is 5.32 Å². The Labute approximate surface area is 126 Å². The van der Waals surface area contributed by atoms with Gasteiger partial charge in [-0.2, -0.15) is 0 Å². The number of amides is 1. The largest absolute Gasteiger partial charge is 0.465 e. The molecular formula is C16H24N2O3. The van der Waals surface area contributed by atoms with Gasteiger partial charge in [-0.1, -0.05) is 26.0 Å². The third-order valence-electron chi connectivity index (χ3n) is 2.98. The van der Waals surface area contributed by atoms with Gasteiger partial charge < -0.3 is 10.1 Å². The van der Waals surface area contributed by atoms with Crippen molar-refractivity contribution in [3.63, 3.8) is 0 Å². The molecule has 0 atom stereocenters. The van der Waals surface area contributed by atoms with E-state index in [9.17, 15) is 9.59 Å². The summed E-state index contributed by atoms with van der Waals surface area (Å²) in [6.07, 6.45) is 0. The second-order valence-corrected chi connectivity index (χ2v) is 5.30. The molecule has 0 heterocycles. The van der Waals surface area contributed by atoms with Crippen LogP contribution >= 0.6 is 0 Å². The maximum absolute atomic E-state index is 11.9. The number of esters is 1. The number of carbonyl (C=O) groups is 2. The van der Waals surface area contributed by atoms with Crippen LogP contribution in [0.3, 0.4) is 0 Å². The highest BCUT2D eigenvalue weighted by atomic mass is 16.5. The van der Waals surface area contributed by atoms with Gasteiger partial charge in [-0.15, -0.1) is 0 Å². The van der Waals surface area contributed by atoms with Gasteiger partial charge in [0.15, 0.2) is 0 Å². The monoisotopic (exact) mass is 292 g/mol. The van der Waals surface area contributed by atoms with E-state index in [-0.39, 0.29) is 25.0 Å². The molecule has 0 fully saturated rings. The average Bonchev–Trinajstić information content (AvgIpc) is 2.38. The number of anilines is 1. The number of rotatable bonds is 7. The SMILES string of the molecule is CCOC(=O)CN(C)CC(=O)Nc1ccc(C(C)C)cc1. The van der Waals surface area contributed by atoms with Gasteiger partial charge in [0.2, 0.25) is 5.91 Å². The summed E-state index contributed by atoms with van der Waals surface area (Å²) in [7, 11) is 1.71. The predicted octanol–water partition coefficient (Wildman–Crippen LogP) is 2.24. The van der Waals surface area contributed by atoms with Crippen molar-refractivity contribution in [2.24, 2.45) is 0 Å². The van der Waals surface area contributed by atoms with Gasteiger partial charge in [0.1, 0.15) is 0 Å². The molecule has 0 radical (unpaired) electrons. The van der Waals surface area contributed by atoms with E-state index in [0.29, 0.717) is 12.5 Å². The lowest BCUT2D eigenvalue weighted by Gasteiger charge is -2.15. The number of carbonyl (C=O) groups excluding carboxylic acids is 2. The topological polar surface area (TPSA) is 58.6 Å². The molecule has 1 N–H and O–H groups in total. The van der Waals surface area contributed by atoms with Crippen molar-refractivity contribution in [3.8, 4) is 0 Å². The van der Waals surface area contributed by atoms with E-state index in [4.69, 9.17) is 4.74 Å². The minimum Gasteiger partial charge on any atom is -0.465 e. The zero-order valence-electron chi connectivity index (χ0n) is 13.2. The Hall–Kier alpha value is -1.88. The number of ether oxygens (including phenoxy) is 1. The first-order valence-electron chi connectivity index (χ1n) is 7.16. The third kappa shape index (κ3) is 6.40. The van der Waals surface area contributed by atoms with Crippen LogP contribution in [0.25, 0.3) is 0 Å².